The zero-order chi connectivity index (χ0) is 13.0. The highest BCUT2D eigenvalue weighted by Gasteiger charge is 2.41. The van der Waals surface area contributed by atoms with Crippen molar-refractivity contribution in [2.75, 3.05) is 0 Å². The topological polar surface area (TPSA) is 17.1 Å². The molecule has 1 aromatic carbocycles. The molecule has 0 spiro atoms. The first-order valence-electron chi connectivity index (χ1n) is 6.37. The Hall–Kier alpha value is -1.67. The van der Waals surface area contributed by atoms with Gasteiger partial charge in [-0.1, -0.05) is 64.5 Å². The van der Waals surface area contributed by atoms with E-state index in [1.54, 1.807) is 0 Å². The average Bonchev–Trinajstić information content (AvgIpc) is 2.46. The molecule has 2 heteroatoms. The van der Waals surface area contributed by atoms with E-state index in [0.717, 1.165) is 15.6 Å². The molecule has 19 heavy (non-hydrogen) atoms. The van der Waals surface area contributed by atoms with Crippen molar-refractivity contribution >= 4 is 27.3 Å². The number of Topliss-reactive ketones (excluding diaryl/α,β-unsaturated/α-hetero) is 1. The van der Waals surface area contributed by atoms with Gasteiger partial charge in [0.15, 0.2) is 5.78 Å². The molecular formula is C17H11BrO. The Labute approximate surface area is 120 Å². The van der Waals surface area contributed by atoms with E-state index in [0.29, 0.717) is 0 Å². The standard InChI is InChI=1S/C17H11BrO/c18-15-9-8-11-10-4-1-2-5-12(10)17(19)14-7-3-6-13(15)16(11)14/h1-9,14,16H/t14-,16-/m0/s1. The summed E-state index contributed by atoms with van der Waals surface area (Å²) in [6, 6.07) is 7.93. The number of halogens is 1. The highest BCUT2D eigenvalue weighted by molar-refractivity contribution is 9.12. The Bertz CT molecular complexity index is 719. The van der Waals surface area contributed by atoms with Crippen LogP contribution in [0.4, 0.5) is 0 Å². The largest absolute Gasteiger partial charge is 0.293 e. The van der Waals surface area contributed by atoms with Gasteiger partial charge in [-0.3, -0.25) is 4.79 Å². The monoisotopic (exact) mass is 310 g/mol. The molecule has 0 fully saturated rings. The fourth-order valence-electron chi connectivity index (χ4n) is 3.26. The van der Waals surface area contributed by atoms with E-state index >= 15 is 0 Å². The number of allylic oxidation sites excluding steroid dienone is 8. The minimum absolute atomic E-state index is 0.0533. The summed E-state index contributed by atoms with van der Waals surface area (Å²) in [4.78, 5) is 12.6. The lowest BCUT2D eigenvalue weighted by molar-refractivity contribution is 0.0925. The van der Waals surface area contributed by atoms with E-state index < -0.39 is 0 Å². The van der Waals surface area contributed by atoms with Gasteiger partial charge in [0.25, 0.3) is 0 Å². The summed E-state index contributed by atoms with van der Waals surface area (Å²) in [5.41, 5.74) is 4.42. The predicted octanol–water partition coefficient (Wildman–Crippen LogP) is 4.29. The highest BCUT2D eigenvalue weighted by Crippen LogP contribution is 2.49. The summed E-state index contributed by atoms with van der Waals surface area (Å²) < 4.78 is 1.09. The third kappa shape index (κ3) is 1.44. The van der Waals surface area contributed by atoms with E-state index in [-0.39, 0.29) is 17.6 Å². The molecule has 0 heterocycles. The van der Waals surface area contributed by atoms with Crippen LogP contribution in [-0.4, -0.2) is 5.78 Å². The first-order valence-corrected chi connectivity index (χ1v) is 7.16. The fourth-order valence-corrected chi connectivity index (χ4v) is 3.78. The van der Waals surface area contributed by atoms with E-state index in [4.69, 9.17) is 0 Å². The molecule has 1 nitrogen and oxygen atoms in total. The van der Waals surface area contributed by atoms with Gasteiger partial charge in [0.1, 0.15) is 0 Å². The molecular weight excluding hydrogens is 300 g/mol. The number of hydrogen-bond acceptors (Lipinski definition) is 1. The van der Waals surface area contributed by atoms with Gasteiger partial charge in [-0.15, -0.1) is 0 Å². The second kappa shape index (κ2) is 3.91. The van der Waals surface area contributed by atoms with Crippen LogP contribution in [0.5, 0.6) is 0 Å². The predicted molar refractivity (Wildman–Crippen MR) is 80.0 cm³/mol. The average molecular weight is 311 g/mol. The number of ketones is 1. The molecule has 0 radical (unpaired) electrons. The van der Waals surface area contributed by atoms with Gasteiger partial charge in [0.2, 0.25) is 0 Å². The van der Waals surface area contributed by atoms with Crippen molar-refractivity contribution < 1.29 is 4.79 Å². The fraction of sp³-hybridized carbons (Fsp3) is 0.118. The van der Waals surface area contributed by atoms with Gasteiger partial charge < -0.3 is 0 Å². The normalized spacial score (nSPS) is 27.0. The van der Waals surface area contributed by atoms with Gasteiger partial charge in [0.05, 0.1) is 5.92 Å². The van der Waals surface area contributed by atoms with Crippen molar-refractivity contribution in [3.8, 4) is 0 Å². The lowest BCUT2D eigenvalue weighted by atomic mass is 9.65. The minimum Gasteiger partial charge on any atom is -0.293 e. The molecule has 0 aliphatic heterocycles. The summed E-state index contributed by atoms with van der Waals surface area (Å²) in [7, 11) is 0. The van der Waals surface area contributed by atoms with Gasteiger partial charge in [-0.2, -0.15) is 0 Å². The van der Waals surface area contributed by atoms with E-state index in [1.807, 2.05) is 30.4 Å². The van der Waals surface area contributed by atoms with E-state index in [1.165, 1.54) is 11.1 Å². The number of benzene rings is 1. The Kier molecular flexibility index (Phi) is 2.30. The molecule has 0 amide bonds. The number of rotatable bonds is 0. The van der Waals surface area contributed by atoms with Crippen LogP contribution < -0.4 is 0 Å². The van der Waals surface area contributed by atoms with Crippen LogP contribution in [0, 0.1) is 11.8 Å². The summed E-state index contributed by atoms with van der Waals surface area (Å²) in [6.45, 7) is 0. The van der Waals surface area contributed by atoms with Gasteiger partial charge in [-0.05, 0) is 22.8 Å². The third-order valence-electron chi connectivity index (χ3n) is 4.11. The molecule has 0 saturated carbocycles. The smallest absolute Gasteiger partial charge is 0.171 e. The van der Waals surface area contributed by atoms with Crippen LogP contribution in [0.1, 0.15) is 15.9 Å². The van der Waals surface area contributed by atoms with Crippen molar-refractivity contribution in [2.45, 2.75) is 0 Å². The van der Waals surface area contributed by atoms with Crippen LogP contribution >= 0.6 is 15.9 Å². The highest BCUT2D eigenvalue weighted by atomic mass is 79.9. The van der Waals surface area contributed by atoms with Crippen LogP contribution in [-0.2, 0) is 0 Å². The molecule has 0 saturated heterocycles. The Morgan fingerprint density at radius 3 is 2.58 bits per heavy atom. The molecule has 3 aliphatic carbocycles. The summed E-state index contributed by atoms with van der Waals surface area (Å²) in [5, 5.41) is 0. The van der Waals surface area contributed by atoms with Crippen molar-refractivity contribution in [3.05, 3.63) is 75.8 Å². The Morgan fingerprint density at radius 1 is 0.947 bits per heavy atom. The number of carbonyl (C=O) groups excluding carboxylic acids is 1. The van der Waals surface area contributed by atoms with Crippen molar-refractivity contribution in [2.24, 2.45) is 11.8 Å². The zero-order valence-electron chi connectivity index (χ0n) is 10.1. The number of fused-ring (bicyclic) bond motifs is 2. The van der Waals surface area contributed by atoms with Gasteiger partial charge >= 0.3 is 0 Å². The second-order valence-electron chi connectivity index (χ2n) is 5.06. The first-order chi connectivity index (χ1) is 9.27. The zero-order valence-corrected chi connectivity index (χ0v) is 11.7. The summed E-state index contributed by atoms with van der Waals surface area (Å²) >= 11 is 3.60. The maximum atomic E-state index is 12.6. The van der Waals surface area contributed by atoms with Crippen LogP contribution in [0.2, 0.25) is 0 Å². The molecule has 0 aromatic heterocycles. The van der Waals surface area contributed by atoms with Crippen molar-refractivity contribution in [3.63, 3.8) is 0 Å². The second-order valence-corrected chi connectivity index (χ2v) is 5.91. The maximum Gasteiger partial charge on any atom is 0.171 e. The quantitative estimate of drug-likeness (QED) is 0.698. The molecule has 0 N–H and O–H groups in total. The van der Waals surface area contributed by atoms with E-state index in [2.05, 4.69) is 40.2 Å². The molecule has 4 rings (SSSR count). The minimum atomic E-state index is -0.0533. The molecule has 2 atom stereocenters. The summed E-state index contributed by atoms with van der Waals surface area (Å²) in [5.74, 6) is 0.357. The number of hydrogen-bond donors (Lipinski definition) is 0. The SMILES string of the molecule is O=C1c2ccccc2C2=CC=C(Br)C3=CC=C[C@H]1[C@H]32. The van der Waals surface area contributed by atoms with Gasteiger partial charge in [-0.25, -0.2) is 0 Å². The van der Waals surface area contributed by atoms with Crippen molar-refractivity contribution in [1.29, 1.82) is 0 Å². The molecule has 0 bridgehead atoms. The Morgan fingerprint density at radius 2 is 1.74 bits per heavy atom. The molecule has 3 aliphatic rings. The van der Waals surface area contributed by atoms with E-state index in [9.17, 15) is 4.79 Å². The first kappa shape index (κ1) is 11.2. The van der Waals surface area contributed by atoms with Crippen LogP contribution in [0.25, 0.3) is 5.57 Å². The molecule has 0 unspecified atom stereocenters. The van der Waals surface area contributed by atoms with Crippen LogP contribution in [0.3, 0.4) is 0 Å². The molecule has 1 aromatic rings. The van der Waals surface area contributed by atoms with Gasteiger partial charge in [0, 0.05) is 16.0 Å². The lowest BCUT2D eigenvalue weighted by Crippen LogP contribution is -2.33. The lowest BCUT2D eigenvalue weighted by Gasteiger charge is -2.37. The summed E-state index contributed by atoms with van der Waals surface area (Å²) in [6.07, 6.45) is 10.4. The van der Waals surface area contributed by atoms with Crippen molar-refractivity contribution in [1.82, 2.24) is 0 Å². The maximum absolute atomic E-state index is 12.6. The third-order valence-corrected chi connectivity index (χ3v) is 4.84. The Balaban J connectivity index is 2.04. The number of carbonyl (C=O) groups is 1. The van der Waals surface area contributed by atoms with Crippen LogP contribution in [0.15, 0.2) is 64.7 Å². The molecule has 92 valence electrons.